The van der Waals surface area contributed by atoms with E-state index in [1.807, 2.05) is 36.1 Å². The van der Waals surface area contributed by atoms with E-state index in [4.69, 9.17) is 11.6 Å². The molecule has 0 bridgehead atoms. The van der Waals surface area contributed by atoms with Crippen molar-refractivity contribution in [2.75, 3.05) is 12.3 Å². The Kier molecular flexibility index (Phi) is 5.88. The van der Waals surface area contributed by atoms with Gasteiger partial charge in [0, 0.05) is 22.7 Å². The molecular formula is C14H19ClN4S. The molecule has 1 unspecified atom stereocenters. The molecule has 1 aromatic carbocycles. The van der Waals surface area contributed by atoms with Crippen LogP contribution >= 0.6 is 23.4 Å². The van der Waals surface area contributed by atoms with Gasteiger partial charge in [-0.15, -0.1) is 16.9 Å². The van der Waals surface area contributed by atoms with Crippen LogP contribution in [0.5, 0.6) is 0 Å². The highest BCUT2D eigenvalue weighted by atomic mass is 35.5. The highest BCUT2D eigenvalue weighted by Crippen LogP contribution is 2.26. The summed E-state index contributed by atoms with van der Waals surface area (Å²) < 4.78 is 1.83. The fourth-order valence-electron chi connectivity index (χ4n) is 1.92. The average molecular weight is 311 g/mol. The molecule has 1 heterocycles. The second-order valence-electron chi connectivity index (χ2n) is 4.56. The summed E-state index contributed by atoms with van der Waals surface area (Å²) in [6.07, 6.45) is 2.93. The molecule has 0 saturated heterocycles. The van der Waals surface area contributed by atoms with E-state index in [0.29, 0.717) is 0 Å². The molecule has 0 aliphatic carbocycles. The molecule has 1 N–H and O–H groups in total. The Morgan fingerprint density at radius 3 is 2.95 bits per heavy atom. The first-order valence-electron chi connectivity index (χ1n) is 6.67. The molecule has 0 amide bonds. The SMILES string of the molecule is CCCNC(CSc1cccc(Cl)c1)c1cnnn1C. The molecule has 2 rings (SSSR count). The zero-order valence-corrected chi connectivity index (χ0v) is 13.3. The van der Waals surface area contributed by atoms with Gasteiger partial charge in [-0.3, -0.25) is 4.68 Å². The summed E-state index contributed by atoms with van der Waals surface area (Å²) in [5.41, 5.74) is 1.10. The second kappa shape index (κ2) is 7.67. The van der Waals surface area contributed by atoms with Crippen LogP contribution in [0.25, 0.3) is 0 Å². The predicted molar refractivity (Wildman–Crippen MR) is 84.2 cm³/mol. The minimum Gasteiger partial charge on any atom is -0.308 e. The van der Waals surface area contributed by atoms with Gasteiger partial charge in [-0.2, -0.15) is 0 Å². The Bertz CT molecular complexity index is 543. The van der Waals surface area contributed by atoms with Crippen molar-refractivity contribution < 1.29 is 0 Å². The van der Waals surface area contributed by atoms with Crippen molar-refractivity contribution >= 4 is 23.4 Å². The van der Waals surface area contributed by atoms with Gasteiger partial charge in [0.25, 0.3) is 0 Å². The number of nitrogens with zero attached hydrogens (tertiary/aromatic N) is 3. The van der Waals surface area contributed by atoms with E-state index in [9.17, 15) is 0 Å². The van der Waals surface area contributed by atoms with Gasteiger partial charge in [-0.25, -0.2) is 0 Å². The lowest BCUT2D eigenvalue weighted by atomic mass is 10.2. The van der Waals surface area contributed by atoms with E-state index in [1.54, 1.807) is 11.8 Å². The zero-order valence-electron chi connectivity index (χ0n) is 11.7. The molecule has 1 aromatic heterocycles. The smallest absolute Gasteiger partial charge is 0.0761 e. The number of nitrogens with one attached hydrogen (secondary N) is 1. The number of aryl methyl sites for hydroxylation is 1. The number of thioether (sulfide) groups is 1. The number of benzene rings is 1. The van der Waals surface area contributed by atoms with Gasteiger partial charge >= 0.3 is 0 Å². The summed E-state index contributed by atoms with van der Waals surface area (Å²) in [5, 5.41) is 12.3. The molecule has 0 saturated carbocycles. The van der Waals surface area contributed by atoms with Crippen LogP contribution in [-0.2, 0) is 7.05 Å². The van der Waals surface area contributed by atoms with Gasteiger partial charge in [0.1, 0.15) is 0 Å². The van der Waals surface area contributed by atoms with Crippen molar-refractivity contribution in [3.63, 3.8) is 0 Å². The Balaban J connectivity index is 2.03. The summed E-state index contributed by atoms with van der Waals surface area (Å²) in [5.74, 6) is 0.918. The van der Waals surface area contributed by atoms with Crippen molar-refractivity contribution in [2.24, 2.45) is 7.05 Å². The Morgan fingerprint density at radius 2 is 2.30 bits per heavy atom. The molecule has 0 fully saturated rings. The van der Waals surface area contributed by atoms with E-state index in [-0.39, 0.29) is 6.04 Å². The third-order valence-corrected chi connectivity index (χ3v) is 4.28. The first-order chi connectivity index (χ1) is 9.70. The lowest BCUT2D eigenvalue weighted by Crippen LogP contribution is -2.26. The van der Waals surface area contributed by atoms with Crippen molar-refractivity contribution in [1.82, 2.24) is 20.3 Å². The number of aromatic nitrogens is 3. The van der Waals surface area contributed by atoms with Gasteiger partial charge < -0.3 is 5.32 Å². The highest BCUT2D eigenvalue weighted by molar-refractivity contribution is 7.99. The molecular weight excluding hydrogens is 292 g/mol. The maximum absolute atomic E-state index is 6.02. The van der Waals surface area contributed by atoms with Gasteiger partial charge in [0.15, 0.2) is 0 Å². The van der Waals surface area contributed by atoms with Crippen LogP contribution in [0.3, 0.4) is 0 Å². The lowest BCUT2D eigenvalue weighted by molar-refractivity contribution is 0.532. The third kappa shape index (κ3) is 4.23. The summed E-state index contributed by atoms with van der Waals surface area (Å²) in [7, 11) is 1.92. The minimum atomic E-state index is 0.235. The van der Waals surface area contributed by atoms with E-state index in [0.717, 1.165) is 29.4 Å². The first-order valence-corrected chi connectivity index (χ1v) is 8.03. The van der Waals surface area contributed by atoms with Gasteiger partial charge in [0.05, 0.1) is 17.9 Å². The van der Waals surface area contributed by atoms with Crippen molar-refractivity contribution in [3.05, 3.63) is 41.2 Å². The van der Waals surface area contributed by atoms with E-state index in [2.05, 4.69) is 28.6 Å². The van der Waals surface area contributed by atoms with Crippen LogP contribution in [0.1, 0.15) is 25.1 Å². The maximum Gasteiger partial charge on any atom is 0.0761 e. The maximum atomic E-state index is 6.02. The lowest BCUT2D eigenvalue weighted by Gasteiger charge is -2.17. The topological polar surface area (TPSA) is 42.7 Å². The van der Waals surface area contributed by atoms with Gasteiger partial charge in [-0.05, 0) is 31.2 Å². The fraction of sp³-hybridized carbons (Fsp3) is 0.429. The van der Waals surface area contributed by atoms with E-state index in [1.165, 1.54) is 4.90 Å². The summed E-state index contributed by atoms with van der Waals surface area (Å²) in [4.78, 5) is 1.18. The van der Waals surface area contributed by atoms with Crippen LogP contribution in [0.15, 0.2) is 35.4 Å². The quantitative estimate of drug-likeness (QED) is 0.797. The molecule has 108 valence electrons. The molecule has 1 atom stereocenters. The van der Waals surface area contributed by atoms with Crippen LogP contribution < -0.4 is 5.32 Å². The van der Waals surface area contributed by atoms with E-state index < -0.39 is 0 Å². The standard InChI is InChI=1S/C14H19ClN4S/c1-3-7-16-13(14-9-17-18-19(14)2)10-20-12-6-4-5-11(15)8-12/h4-6,8-9,13,16H,3,7,10H2,1-2H3. The van der Waals surface area contributed by atoms with Gasteiger partial charge in [-0.1, -0.05) is 29.8 Å². The Morgan fingerprint density at radius 1 is 1.45 bits per heavy atom. The monoisotopic (exact) mass is 310 g/mol. The van der Waals surface area contributed by atoms with E-state index >= 15 is 0 Å². The Hall–Kier alpha value is -1.04. The number of halogens is 1. The molecule has 0 spiro atoms. The third-order valence-electron chi connectivity index (χ3n) is 2.96. The minimum absolute atomic E-state index is 0.235. The molecule has 2 aromatic rings. The van der Waals surface area contributed by atoms with Gasteiger partial charge in [0.2, 0.25) is 0 Å². The molecule has 20 heavy (non-hydrogen) atoms. The summed E-state index contributed by atoms with van der Waals surface area (Å²) in [6, 6.07) is 8.17. The van der Waals surface area contributed by atoms with Crippen molar-refractivity contribution in [2.45, 2.75) is 24.3 Å². The van der Waals surface area contributed by atoms with Crippen LogP contribution in [-0.4, -0.2) is 27.3 Å². The molecule has 0 radical (unpaired) electrons. The summed E-state index contributed by atoms with van der Waals surface area (Å²) >= 11 is 7.80. The molecule has 0 aliphatic rings. The fourth-order valence-corrected chi connectivity index (χ4v) is 3.20. The van der Waals surface area contributed by atoms with Crippen molar-refractivity contribution in [3.8, 4) is 0 Å². The van der Waals surface area contributed by atoms with Crippen LogP contribution in [0.4, 0.5) is 0 Å². The predicted octanol–water partition coefficient (Wildman–Crippen LogP) is 3.30. The number of hydrogen-bond acceptors (Lipinski definition) is 4. The largest absolute Gasteiger partial charge is 0.308 e. The second-order valence-corrected chi connectivity index (χ2v) is 6.09. The molecule has 6 heteroatoms. The first kappa shape index (κ1) is 15.4. The average Bonchev–Trinajstić information content (AvgIpc) is 2.85. The number of hydrogen-bond donors (Lipinski definition) is 1. The van der Waals surface area contributed by atoms with Crippen LogP contribution in [0.2, 0.25) is 5.02 Å². The normalized spacial score (nSPS) is 12.6. The van der Waals surface area contributed by atoms with Crippen LogP contribution in [0, 0.1) is 0 Å². The number of rotatable bonds is 7. The van der Waals surface area contributed by atoms with Crippen molar-refractivity contribution in [1.29, 1.82) is 0 Å². The zero-order chi connectivity index (χ0) is 14.4. The Labute approximate surface area is 128 Å². The summed E-state index contributed by atoms with van der Waals surface area (Å²) in [6.45, 7) is 3.14. The molecule has 0 aliphatic heterocycles. The highest BCUT2D eigenvalue weighted by Gasteiger charge is 2.15. The molecule has 4 nitrogen and oxygen atoms in total.